The van der Waals surface area contributed by atoms with Crippen molar-refractivity contribution in [1.82, 2.24) is 20.2 Å². The number of oxazole rings is 1. The Morgan fingerprint density at radius 3 is 2.41 bits per heavy atom. The molecule has 1 saturated heterocycles. The molecule has 3 heterocycles. The number of hydrogen-bond acceptors (Lipinski definition) is 6. The van der Waals surface area contributed by atoms with Gasteiger partial charge in [-0.1, -0.05) is 30.3 Å². The van der Waals surface area contributed by atoms with Crippen molar-refractivity contribution >= 4 is 34.5 Å². The summed E-state index contributed by atoms with van der Waals surface area (Å²) in [5.74, 6) is -0.0918. The third-order valence-corrected chi connectivity index (χ3v) is 6.58. The summed E-state index contributed by atoms with van der Waals surface area (Å²) in [5.41, 5.74) is 3.25. The first-order chi connectivity index (χ1) is 17.8. The topological polar surface area (TPSA) is 117 Å². The normalized spacial score (nSPS) is 14.8. The number of piperidine rings is 1. The van der Waals surface area contributed by atoms with Crippen molar-refractivity contribution in [2.75, 3.05) is 18.4 Å². The fraction of sp³-hybridized carbons (Fsp3) is 0.250. The van der Waals surface area contributed by atoms with Crippen LogP contribution in [0, 0.1) is 0 Å². The second-order valence-corrected chi connectivity index (χ2v) is 9.23. The highest BCUT2D eigenvalue weighted by Gasteiger charge is 2.38. The van der Waals surface area contributed by atoms with Gasteiger partial charge >= 0.3 is 0 Å². The molecule has 0 spiro atoms. The Hall–Kier alpha value is -4.53. The minimum absolute atomic E-state index is 0.0967. The Morgan fingerprint density at radius 1 is 0.946 bits per heavy atom. The molecule has 0 saturated carbocycles. The molecule has 9 nitrogen and oxygen atoms in total. The van der Waals surface area contributed by atoms with Gasteiger partial charge in [0, 0.05) is 44.4 Å². The second kappa shape index (κ2) is 9.85. The fourth-order valence-corrected chi connectivity index (χ4v) is 4.85. The molecule has 0 unspecified atom stereocenters. The molecule has 0 radical (unpaired) electrons. The molecule has 1 aliphatic rings. The van der Waals surface area contributed by atoms with E-state index in [1.54, 1.807) is 41.4 Å². The van der Waals surface area contributed by atoms with E-state index >= 15 is 0 Å². The number of pyridine rings is 1. The molecule has 37 heavy (non-hydrogen) atoms. The van der Waals surface area contributed by atoms with E-state index < -0.39 is 5.54 Å². The number of carbonyl (C=O) groups excluding carboxylic acids is 3. The number of hydrogen-bond donors (Lipinski definition) is 2. The van der Waals surface area contributed by atoms with E-state index in [1.807, 2.05) is 30.3 Å². The van der Waals surface area contributed by atoms with Crippen molar-refractivity contribution in [1.29, 1.82) is 0 Å². The molecule has 188 valence electrons. The molecular formula is C28H27N5O4. The van der Waals surface area contributed by atoms with E-state index in [4.69, 9.17) is 4.42 Å². The molecule has 3 amide bonds. The van der Waals surface area contributed by atoms with Crippen molar-refractivity contribution in [3.63, 3.8) is 0 Å². The zero-order chi connectivity index (χ0) is 26.0. The van der Waals surface area contributed by atoms with Gasteiger partial charge in [0.15, 0.2) is 5.58 Å². The number of amides is 3. The highest BCUT2D eigenvalue weighted by atomic mass is 16.3. The predicted molar refractivity (Wildman–Crippen MR) is 139 cm³/mol. The number of fused-ring (bicyclic) bond motifs is 1. The van der Waals surface area contributed by atoms with Crippen LogP contribution in [0.3, 0.4) is 0 Å². The van der Waals surface area contributed by atoms with Crippen LogP contribution in [0.25, 0.3) is 22.6 Å². The van der Waals surface area contributed by atoms with E-state index in [0.29, 0.717) is 59.9 Å². The van der Waals surface area contributed by atoms with E-state index in [1.165, 1.54) is 13.8 Å². The van der Waals surface area contributed by atoms with E-state index in [9.17, 15) is 14.4 Å². The number of carbonyl (C=O) groups is 3. The number of likely N-dealkylation sites (tertiary alicyclic amines) is 1. The van der Waals surface area contributed by atoms with Crippen LogP contribution >= 0.6 is 0 Å². The molecule has 0 atom stereocenters. The first kappa shape index (κ1) is 24.2. The summed E-state index contributed by atoms with van der Waals surface area (Å²) in [5, 5.41) is 5.86. The van der Waals surface area contributed by atoms with Crippen LogP contribution in [0.4, 0.5) is 5.69 Å². The van der Waals surface area contributed by atoms with Crippen LogP contribution in [0.1, 0.15) is 42.7 Å². The summed E-state index contributed by atoms with van der Waals surface area (Å²) in [6, 6.07) is 18.5. The van der Waals surface area contributed by atoms with Gasteiger partial charge in [0.2, 0.25) is 17.7 Å². The SMILES string of the molecule is CC(=O)Nc1ccc2oc(-c3ccnc(C(=O)N4CCC(NC(C)=O)(c5ccccc5)CC4)c3)nc2c1. The van der Waals surface area contributed by atoms with Gasteiger partial charge in [-0.15, -0.1) is 0 Å². The molecule has 0 aliphatic carbocycles. The minimum atomic E-state index is -0.507. The van der Waals surface area contributed by atoms with Gasteiger partial charge in [-0.05, 0) is 48.7 Å². The Kier molecular flexibility index (Phi) is 6.43. The molecule has 1 fully saturated rings. The quantitative estimate of drug-likeness (QED) is 0.428. The minimum Gasteiger partial charge on any atom is -0.436 e. The summed E-state index contributed by atoms with van der Waals surface area (Å²) in [4.78, 5) is 47.3. The summed E-state index contributed by atoms with van der Waals surface area (Å²) in [6.07, 6.45) is 2.77. The summed E-state index contributed by atoms with van der Waals surface area (Å²) in [7, 11) is 0. The van der Waals surface area contributed by atoms with Crippen LogP contribution in [0.2, 0.25) is 0 Å². The Balaban J connectivity index is 1.34. The maximum absolute atomic E-state index is 13.4. The standard InChI is InChI=1S/C28H27N5O4/c1-18(34)30-22-8-9-25-23(17-22)31-26(37-25)20-10-13-29-24(16-20)27(36)33-14-11-28(12-15-33,32-19(2)35)21-6-4-3-5-7-21/h3-10,13,16-17H,11-12,14-15H2,1-2H3,(H,30,34)(H,32,35). The number of rotatable bonds is 5. The fourth-order valence-electron chi connectivity index (χ4n) is 4.85. The molecule has 2 aromatic heterocycles. The highest BCUT2D eigenvalue weighted by molar-refractivity contribution is 5.94. The number of nitrogens with one attached hydrogen (secondary N) is 2. The van der Waals surface area contributed by atoms with Gasteiger partial charge in [-0.3, -0.25) is 19.4 Å². The van der Waals surface area contributed by atoms with Crippen molar-refractivity contribution in [3.05, 3.63) is 78.1 Å². The van der Waals surface area contributed by atoms with Crippen molar-refractivity contribution < 1.29 is 18.8 Å². The number of aromatic nitrogens is 2. The molecule has 2 N–H and O–H groups in total. The summed E-state index contributed by atoms with van der Waals surface area (Å²) in [6.45, 7) is 3.92. The monoisotopic (exact) mass is 497 g/mol. The zero-order valence-corrected chi connectivity index (χ0v) is 20.7. The van der Waals surface area contributed by atoms with Crippen LogP contribution in [0.5, 0.6) is 0 Å². The average molecular weight is 498 g/mol. The van der Waals surface area contributed by atoms with Crippen molar-refractivity contribution in [3.8, 4) is 11.5 Å². The third-order valence-electron chi connectivity index (χ3n) is 6.58. The van der Waals surface area contributed by atoms with Crippen molar-refractivity contribution in [2.24, 2.45) is 0 Å². The Labute approximate surface area is 213 Å². The first-order valence-electron chi connectivity index (χ1n) is 12.1. The molecule has 5 rings (SSSR count). The van der Waals surface area contributed by atoms with Gasteiger partial charge in [0.25, 0.3) is 5.91 Å². The number of anilines is 1. The maximum atomic E-state index is 13.4. The lowest BCUT2D eigenvalue weighted by atomic mass is 9.80. The lowest BCUT2D eigenvalue weighted by Gasteiger charge is -2.42. The van der Waals surface area contributed by atoms with Gasteiger partial charge in [-0.25, -0.2) is 4.98 Å². The van der Waals surface area contributed by atoms with Gasteiger partial charge in [0.05, 0.1) is 5.54 Å². The van der Waals surface area contributed by atoms with E-state index in [2.05, 4.69) is 20.6 Å². The van der Waals surface area contributed by atoms with Crippen molar-refractivity contribution in [2.45, 2.75) is 32.2 Å². The predicted octanol–water partition coefficient (Wildman–Crippen LogP) is 4.12. The molecule has 1 aliphatic heterocycles. The number of nitrogens with zero attached hydrogens (tertiary/aromatic N) is 3. The molecule has 4 aromatic rings. The van der Waals surface area contributed by atoms with Gasteiger partial charge in [-0.2, -0.15) is 0 Å². The van der Waals surface area contributed by atoms with Crippen LogP contribution in [-0.2, 0) is 15.1 Å². The lowest BCUT2D eigenvalue weighted by Crippen LogP contribution is -2.53. The van der Waals surface area contributed by atoms with Gasteiger partial charge in [0.1, 0.15) is 11.2 Å². The first-order valence-corrected chi connectivity index (χ1v) is 12.1. The smallest absolute Gasteiger partial charge is 0.272 e. The lowest BCUT2D eigenvalue weighted by molar-refractivity contribution is -0.121. The van der Waals surface area contributed by atoms with Crippen LogP contribution in [0.15, 0.2) is 71.3 Å². The molecule has 9 heteroatoms. The van der Waals surface area contributed by atoms with Crippen LogP contribution < -0.4 is 10.6 Å². The largest absolute Gasteiger partial charge is 0.436 e. The maximum Gasteiger partial charge on any atom is 0.272 e. The Morgan fingerprint density at radius 2 is 1.70 bits per heavy atom. The molecule has 2 aromatic carbocycles. The number of benzene rings is 2. The molecule has 0 bridgehead atoms. The Bertz CT molecular complexity index is 1470. The zero-order valence-electron chi connectivity index (χ0n) is 20.7. The van der Waals surface area contributed by atoms with E-state index in [0.717, 1.165) is 5.56 Å². The highest BCUT2D eigenvalue weighted by Crippen LogP contribution is 2.34. The molecular weight excluding hydrogens is 470 g/mol. The summed E-state index contributed by atoms with van der Waals surface area (Å²) < 4.78 is 5.89. The second-order valence-electron chi connectivity index (χ2n) is 9.23. The van der Waals surface area contributed by atoms with Crippen LogP contribution in [-0.4, -0.2) is 45.7 Å². The third kappa shape index (κ3) is 5.06. The van der Waals surface area contributed by atoms with E-state index in [-0.39, 0.29) is 17.7 Å². The van der Waals surface area contributed by atoms with Gasteiger partial charge < -0.3 is 20.0 Å². The summed E-state index contributed by atoms with van der Waals surface area (Å²) >= 11 is 0. The average Bonchev–Trinajstić information content (AvgIpc) is 3.32.